The number of nitrogens with one attached hydrogen (secondary N) is 1. The van der Waals surface area contributed by atoms with Crippen LogP contribution in [0, 0.1) is 6.92 Å². The smallest absolute Gasteiger partial charge is 0.261 e. The summed E-state index contributed by atoms with van der Waals surface area (Å²) in [5.74, 6) is 0.0149. The summed E-state index contributed by atoms with van der Waals surface area (Å²) in [7, 11) is -3.73. The highest BCUT2D eigenvalue weighted by Gasteiger charge is 2.25. The molecule has 0 bridgehead atoms. The number of amides is 1. The molecule has 7 heteroatoms. The normalized spacial score (nSPS) is 14.9. The standard InChI is InChI=1S/C17H17BrN2O3S/c1-12-11-13(8-9-14(12)18)24(22,23)19-15-5-2-3-6-16(15)20-10-4-7-17(20)21/h2-3,5-6,8-9,11,19H,4,7,10H2,1H3. The van der Waals surface area contributed by atoms with Gasteiger partial charge >= 0.3 is 0 Å². The largest absolute Gasteiger partial charge is 0.310 e. The molecular formula is C17H17BrN2O3S. The van der Waals surface area contributed by atoms with Crippen LogP contribution in [-0.2, 0) is 14.8 Å². The van der Waals surface area contributed by atoms with Gasteiger partial charge in [0.1, 0.15) is 0 Å². The first-order chi connectivity index (χ1) is 11.4. The van der Waals surface area contributed by atoms with Crippen molar-refractivity contribution in [3.8, 4) is 0 Å². The second-order valence-electron chi connectivity index (χ2n) is 5.68. The van der Waals surface area contributed by atoms with E-state index in [0.717, 1.165) is 16.5 Å². The molecule has 1 N–H and O–H groups in total. The topological polar surface area (TPSA) is 66.5 Å². The van der Waals surface area contributed by atoms with Crippen LogP contribution in [0.15, 0.2) is 51.8 Å². The first kappa shape index (κ1) is 17.0. The fourth-order valence-corrected chi connectivity index (χ4v) is 4.09. The molecule has 0 aromatic heterocycles. The van der Waals surface area contributed by atoms with E-state index in [1.807, 2.05) is 6.92 Å². The third-order valence-electron chi connectivity index (χ3n) is 3.95. The van der Waals surface area contributed by atoms with E-state index in [0.29, 0.717) is 24.3 Å². The predicted molar refractivity (Wildman–Crippen MR) is 97.7 cm³/mol. The summed E-state index contributed by atoms with van der Waals surface area (Å²) in [5.41, 5.74) is 1.84. The Morgan fingerprint density at radius 3 is 2.58 bits per heavy atom. The zero-order valence-electron chi connectivity index (χ0n) is 13.1. The van der Waals surface area contributed by atoms with Crippen molar-refractivity contribution < 1.29 is 13.2 Å². The van der Waals surface area contributed by atoms with E-state index in [9.17, 15) is 13.2 Å². The van der Waals surface area contributed by atoms with Gasteiger partial charge in [0.2, 0.25) is 5.91 Å². The molecule has 0 spiro atoms. The first-order valence-corrected chi connectivity index (χ1v) is 9.84. The molecule has 0 radical (unpaired) electrons. The highest BCUT2D eigenvalue weighted by molar-refractivity contribution is 9.10. The number of nitrogens with zero attached hydrogens (tertiary/aromatic N) is 1. The highest BCUT2D eigenvalue weighted by atomic mass is 79.9. The number of hydrogen-bond donors (Lipinski definition) is 1. The highest BCUT2D eigenvalue weighted by Crippen LogP contribution is 2.31. The van der Waals surface area contributed by atoms with Gasteiger partial charge in [-0.2, -0.15) is 0 Å². The monoisotopic (exact) mass is 408 g/mol. The molecule has 1 aliphatic rings. The summed E-state index contributed by atoms with van der Waals surface area (Å²) in [4.78, 5) is 13.8. The zero-order valence-corrected chi connectivity index (χ0v) is 15.5. The number of carbonyl (C=O) groups is 1. The predicted octanol–water partition coefficient (Wildman–Crippen LogP) is 3.69. The second-order valence-corrected chi connectivity index (χ2v) is 8.22. The lowest BCUT2D eigenvalue weighted by atomic mass is 10.2. The molecule has 1 aliphatic heterocycles. The fraction of sp³-hybridized carbons (Fsp3) is 0.235. The third-order valence-corrected chi connectivity index (χ3v) is 6.21. The average Bonchev–Trinajstić information content (AvgIpc) is 2.96. The van der Waals surface area contributed by atoms with Crippen molar-refractivity contribution in [2.24, 2.45) is 0 Å². The fourth-order valence-electron chi connectivity index (χ4n) is 2.69. The SMILES string of the molecule is Cc1cc(S(=O)(=O)Nc2ccccc2N2CCCC2=O)ccc1Br. The summed E-state index contributed by atoms with van der Waals surface area (Å²) in [6.07, 6.45) is 1.28. The Hall–Kier alpha value is -1.86. The number of hydrogen-bond acceptors (Lipinski definition) is 3. The van der Waals surface area contributed by atoms with E-state index in [1.54, 1.807) is 47.4 Å². The molecule has 2 aromatic rings. The minimum absolute atomic E-state index is 0.0149. The Morgan fingerprint density at radius 1 is 1.17 bits per heavy atom. The molecule has 1 fully saturated rings. The maximum atomic E-state index is 12.7. The van der Waals surface area contributed by atoms with E-state index < -0.39 is 10.0 Å². The maximum Gasteiger partial charge on any atom is 0.261 e. The van der Waals surface area contributed by atoms with Crippen LogP contribution < -0.4 is 9.62 Å². The van der Waals surface area contributed by atoms with Crippen LogP contribution in [0.3, 0.4) is 0 Å². The number of rotatable bonds is 4. The first-order valence-electron chi connectivity index (χ1n) is 7.57. The minimum atomic E-state index is -3.73. The maximum absolute atomic E-state index is 12.7. The number of anilines is 2. The quantitative estimate of drug-likeness (QED) is 0.838. The van der Waals surface area contributed by atoms with Crippen molar-refractivity contribution in [3.63, 3.8) is 0 Å². The van der Waals surface area contributed by atoms with Gasteiger partial charge < -0.3 is 4.90 Å². The second kappa shape index (κ2) is 6.57. The van der Waals surface area contributed by atoms with Crippen LogP contribution in [-0.4, -0.2) is 20.9 Å². The van der Waals surface area contributed by atoms with Crippen molar-refractivity contribution in [2.75, 3.05) is 16.2 Å². The van der Waals surface area contributed by atoms with E-state index in [-0.39, 0.29) is 10.8 Å². The molecule has 0 unspecified atom stereocenters. The van der Waals surface area contributed by atoms with Crippen LogP contribution in [0.5, 0.6) is 0 Å². The van der Waals surface area contributed by atoms with Gasteiger partial charge in [0.15, 0.2) is 0 Å². The molecule has 1 heterocycles. The van der Waals surface area contributed by atoms with Crippen LogP contribution in [0.2, 0.25) is 0 Å². The summed E-state index contributed by atoms with van der Waals surface area (Å²) >= 11 is 3.37. The van der Waals surface area contributed by atoms with Crippen LogP contribution in [0.4, 0.5) is 11.4 Å². The Bertz CT molecular complexity index is 896. The Morgan fingerprint density at radius 2 is 1.92 bits per heavy atom. The Labute approximate surface area is 149 Å². The summed E-state index contributed by atoms with van der Waals surface area (Å²) in [6, 6.07) is 11.8. The Kier molecular flexibility index (Phi) is 4.64. The third kappa shape index (κ3) is 3.32. The molecule has 1 amide bonds. The van der Waals surface area contributed by atoms with Gasteiger partial charge in [-0.1, -0.05) is 28.1 Å². The number of para-hydroxylation sites is 2. The minimum Gasteiger partial charge on any atom is -0.310 e. The van der Waals surface area contributed by atoms with Gasteiger partial charge in [-0.15, -0.1) is 0 Å². The average molecular weight is 409 g/mol. The molecule has 2 aromatic carbocycles. The van der Waals surface area contributed by atoms with Gasteiger partial charge in [-0.25, -0.2) is 8.42 Å². The summed E-state index contributed by atoms with van der Waals surface area (Å²) in [6.45, 7) is 2.44. The number of benzene rings is 2. The molecular weight excluding hydrogens is 392 g/mol. The molecule has 3 rings (SSSR count). The van der Waals surface area contributed by atoms with E-state index in [1.165, 1.54) is 0 Å². The Balaban J connectivity index is 1.96. The van der Waals surface area contributed by atoms with Crippen molar-refractivity contribution >= 4 is 43.2 Å². The van der Waals surface area contributed by atoms with Crippen molar-refractivity contribution in [2.45, 2.75) is 24.7 Å². The van der Waals surface area contributed by atoms with Gasteiger partial charge in [0.05, 0.1) is 16.3 Å². The van der Waals surface area contributed by atoms with Crippen molar-refractivity contribution in [1.82, 2.24) is 0 Å². The van der Waals surface area contributed by atoms with Crippen molar-refractivity contribution in [1.29, 1.82) is 0 Å². The summed E-state index contributed by atoms with van der Waals surface area (Å²) < 4.78 is 28.8. The van der Waals surface area contributed by atoms with E-state index >= 15 is 0 Å². The zero-order chi connectivity index (χ0) is 17.3. The number of halogens is 1. The number of sulfonamides is 1. The summed E-state index contributed by atoms with van der Waals surface area (Å²) in [5, 5.41) is 0. The lowest BCUT2D eigenvalue weighted by Crippen LogP contribution is -2.25. The van der Waals surface area contributed by atoms with Gasteiger partial charge in [0.25, 0.3) is 10.0 Å². The van der Waals surface area contributed by atoms with Crippen LogP contribution >= 0.6 is 15.9 Å². The van der Waals surface area contributed by atoms with Crippen LogP contribution in [0.25, 0.3) is 0 Å². The van der Waals surface area contributed by atoms with E-state index in [4.69, 9.17) is 0 Å². The molecule has 0 aliphatic carbocycles. The number of aryl methyl sites for hydroxylation is 1. The molecule has 126 valence electrons. The molecule has 0 atom stereocenters. The molecule has 0 saturated carbocycles. The molecule has 24 heavy (non-hydrogen) atoms. The lowest BCUT2D eigenvalue weighted by molar-refractivity contribution is -0.117. The number of carbonyl (C=O) groups excluding carboxylic acids is 1. The molecule has 1 saturated heterocycles. The van der Waals surface area contributed by atoms with Gasteiger partial charge in [-0.3, -0.25) is 9.52 Å². The van der Waals surface area contributed by atoms with E-state index in [2.05, 4.69) is 20.7 Å². The van der Waals surface area contributed by atoms with Gasteiger partial charge in [-0.05, 0) is 49.2 Å². The van der Waals surface area contributed by atoms with Gasteiger partial charge in [0, 0.05) is 17.4 Å². The van der Waals surface area contributed by atoms with Crippen molar-refractivity contribution in [3.05, 3.63) is 52.5 Å². The van der Waals surface area contributed by atoms with Crippen LogP contribution in [0.1, 0.15) is 18.4 Å². The lowest BCUT2D eigenvalue weighted by Gasteiger charge is -2.20. The molecule has 5 nitrogen and oxygen atoms in total.